The lowest BCUT2D eigenvalue weighted by Gasteiger charge is -1.98. The molecule has 0 aromatic heterocycles. The number of nitrogens with zero attached hydrogens (tertiary/aromatic N) is 1. The van der Waals surface area contributed by atoms with Gasteiger partial charge in [-0.05, 0) is 67.8 Å². The number of hydrogen-bond donors (Lipinski definition) is 0. The maximum absolute atomic E-state index is 11.3. The molecule has 0 unspecified atom stereocenters. The molecule has 0 N–H and O–H groups in total. The topological polar surface area (TPSA) is 40.9 Å². The SMILES string of the molecule is N#Cc1c(I)c(I)c(I)c2c(=O)c12. The molecule has 13 heavy (non-hydrogen) atoms. The van der Waals surface area contributed by atoms with Gasteiger partial charge in [-0.15, -0.1) is 0 Å². The molecule has 0 saturated carbocycles. The zero-order chi connectivity index (χ0) is 9.75. The van der Waals surface area contributed by atoms with Crippen molar-refractivity contribution < 1.29 is 0 Å². The van der Waals surface area contributed by atoms with Crippen molar-refractivity contribution in [1.82, 2.24) is 0 Å². The molecular formula is C8I3NO. The van der Waals surface area contributed by atoms with Crippen LogP contribution in [0.1, 0.15) is 5.56 Å². The van der Waals surface area contributed by atoms with Gasteiger partial charge in [-0.1, -0.05) is 0 Å². The quantitative estimate of drug-likeness (QED) is 0.407. The molecule has 0 fully saturated rings. The Morgan fingerprint density at radius 3 is 2.15 bits per heavy atom. The fraction of sp³-hybridized carbons (Fsp3) is 0. The van der Waals surface area contributed by atoms with Crippen molar-refractivity contribution >= 4 is 78.5 Å². The predicted octanol–water partition coefficient (Wildman–Crippen LogP) is 2.76. The summed E-state index contributed by atoms with van der Waals surface area (Å²) in [5.74, 6) is 0. The Morgan fingerprint density at radius 2 is 1.62 bits per heavy atom. The van der Waals surface area contributed by atoms with Gasteiger partial charge in [0.25, 0.3) is 0 Å². The van der Waals surface area contributed by atoms with Gasteiger partial charge < -0.3 is 0 Å². The molecule has 0 amide bonds. The van der Waals surface area contributed by atoms with Crippen LogP contribution in [0, 0.1) is 22.0 Å². The van der Waals surface area contributed by atoms with Gasteiger partial charge in [0.2, 0.25) is 0 Å². The summed E-state index contributed by atoms with van der Waals surface area (Å²) < 4.78 is 2.90. The molecule has 0 radical (unpaired) electrons. The molecule has 0 bridgehead atoms. The molecule has 0 atom stereocenters. The minimum atomic E-state index is 0.0433. The summed E-state index contributed by atoms with van der Waals surface area (Å²) in [4.78, 5) is 11.3. The average molecular weight is 507 g/mol. The fourth-order valence-corrected chi connectivity index (χ4v) is 3.65. The first-order chi connectivity index (χ1) is 6.09. The predicted molar refractivity (Wildman–Crippen MR) is 75.5 cm³/mol. The molecule has 64 valence electrons. The molecule has 0 heterocycles. The summed E-state index contributed by atoms with van der Waals surface area (Å²) in [6, 6.07) is 2.08. The number of halogens is 3. The van der Waals surface area contributed by atoms with Gasteiger partial charge in [0, 0.05) is 16.1 Å². The zero-order valence-electron chi connectivity index (χ0n) is 5.99. The van der Waals surface area contributed by atoms with E-state index in [4.69, 9.17) is 5.26 Å². The van der Waals surface area contributed by atoms with Crippen molar-refractivity contribution in [2.24, 2.45) is 0 Å². The highest BCUT2D eigenvalue weighted by molar-refractivity contribution is 14.1. The molecule has 5 heteroatoms. The smallest absolute Gasteiger partial charge is 0.197 e. The van der Waals surface area contributed by atoms with E-state index in [9.17, 15) is 4.79 Å². The van der Waals surface area contributed by atoms with Gasteiger partial charge in [-0.3, -0.25) is 4.79 Å². The standard InChI is InChI=1S/C8I3NO/c9-5-2(1-12)3-4(8(3)13)6(10)7(5)11. The minimum absolute atomic E-state index is 0.0433. The largest absolute Gasteiger partial charge is 0.288 e. The number of fused-ring (bicyclic) bond motifs is 1. The maximum Gasteiger partial charge on any atom is 0.197 e. The summed E-state index contributed by atoms with van der Waals surface area (Å²) in [6.45, 7) is 0. The minimum Gasteiger partial charge on any atom is -0.288 e. The summed E-state index contributed by atoms with van der Waals surface area (Å²) in [7, 11) is 0. The van der Waals surface area contributed by atoms with Crippen LogP contribution in [0.4, 0.5) is 0 Å². The van der Waals surface area contributed by atoms with E-state index in [1.165, 1.54) is 0 Å². The number of rotatable bonds is 0. The Labute approximate surface area is 115 Å². The monoisotopic (exact) mass is 507 g/mol. The van der Waals surface area contributed by atoms with E-state index in [-0.39, 0.29) is 5.43 Å². The van der Waals surface area contributed by atoms with Gasteiger partial charge >= 0.3 is 0 Å². The first-order valence-electron chi connectivity index (χ1n) is 3.24. The van der Waals surface area contributed by atoms with Gasteiger partial charge in [0.15, 0.2) is 5.43 Å². The Bertz CT molecular complexity index is 572. The normalized spacial score (nSPS) is 10.9. The van der Waals surface area contributed by atoms with Gasteiger partial charge in [0.05, 0.1) is 10.9 Å². The van der Waals surface area contributed by atoms with Crippen LogP contribution in [0.25, 0.3) is 10.8 Å². The molecule has 2 nitrogen and oxygen atoms in total. The molecule has 0 spiro atoms. The summed E-state index contributed by atoms with van der Waals surface area (Å²) >= 11 is 6.43. The van der Waals surface area contributed by atoms with Crippen molar-refractivity contribution in [3.63, 3.8) is 0 Å². The van der Waals surface area contributed by atoms with E-state index in [0.29, 0.717) is 10.9 Å². The van der Waals surface area contributed by atoms with E-state index in [1.807, 2.05) is 0 Å². The van der Waals surface area contributed by atoms with Crippen molar-refractivity contribution in [2.45, 2.75) is 0 Å². The van der Waals surface area contributed by atoms with Crippen molar-refractivity contribution in [1.29, 1.82) is 5.26 Å². The van der Waals surface area contributed by atoms with Crippen molar-refractivity contribution in [3.8, 4) is 6.07 Å². The second kappa shape index (κ2) is 3.30. The van der Waals surface area contributed by atoms with Crippen molar-refractivity contribution in [2.75, 3.05) is 0 Å². The lowest BCUT2D eigenvalue weighted by atomic mass is 10.2. The number of nitriles is 1. The zero-order valence-corrected chi connectivity index (χ0v) is 12.5. The maximum atomic E-state index is 11.3. The molecular weight excluding hydrogens is 507 g/mol. The van der Waals surface area contributed by atoms with Crippen LogP contribution in [0.2, 0.25) is 0 Å². The van der Waals surface area contributed by atoms with Crippen molar-refractivity contribution in [3.05, 3.63) is 26.5 Å². The summed E-state index contributed by atoms with van der Waals surface area (Å²) in [5.41, 5.74) is 0.590. The summed E-state index contributed by atoms with van der Waals surface area (Å²) in [5, 5.41) is 10.2. The Hall–Kier alpha value is 0.570. The van der Waals surface area contributed by atoms with Gasteiger partial charge in [0.1, 0.15) is 6.07 Å². The molecule has 2 rings (SSSR count). The van der Waals surface area contributed by atoms with Gasteiger partial charge in [-0.2, -0.15) is 5.26 Å². The molecule has 0 aliphatic rings. The molecule has 0 aliphatic heterocycles. The second-order valence-electron chi connectivity index (χ2n) is 2.51. The first-order valence-corrected chi connectivity index (χ1v) is 6.48. The van der Waals surface area contributed by atoms with Crippen LogP contribution in [0.5, 0.6) is 0 Å². The Balaban J connectivity index is 3.01. The third-order valence-corrected chi connectivity index (χ3v) is 7.13. The van der Waals surface area contributed by atoms with Crippen LogP contribution in [-0.4, -0.2) is 0 Å². The van der Waals surface area contributed by atoms with E-state index in [0.717, 1.165) is 16.1 Å². The Morgan fingerprint density at radius 1 is 1.00 bits per heavy atom. The van der Waals surface area contributed by atoms with E-state index < -0.39 is 0 Å². The van der Waals surface area contributed by atoms with Crippen LogP contribution >= 0.6 is 67.8 Å². The first kappa shape index (κ1) is 10.1. The van der Waals surface area contributed by atoms with Crippen LogP contribution < -0.4 is 5.43 Å². The van der Waals surface area contributed by atoms with Crippen LogP contribution in [0.15, 0.2) is 4.79 Å². The van der Waals surface area contributed by atoms with Crippen LogP contribution in [-0.2, 0) is 0 Å². The van der Waals surface area contributed by atoms with E-state index >= 15 is 0 Å². The van der Waals surface area contributed by atoms with Gasteiger partial charge in [-0.25, -0.2) is 0 Å². The third-order valence-electron chi connectivity index (χ3n) is 1.83. The lowest BCUT2D eigenvalue weighted by Crippen LogP contribution is -1.87. The third kappa shape index (κ3) is 1.32. The van der Waals surface area contributed by atoms with Crippen LogP contribution in [0.3, 0.4) is 0 Å². The second-order valence-corrected chi connectivity index (χ2v) is 5.74. The molecule has 2 aromatic carbocycles. The molecule has 2 aromatic rings. The highest BCUT2D eigenvalue weighted by Gasteiger charge is 2.25. The highest BCUT2D eigenvalue weighted by atomic mass is 127. The molecule has 0 aliphatic carbocycles. The molecule has 0 saturated heterocycles. The fourth-order valence-electron chi connectivity index (χ4n) is 1.15. The van der Waals surface area contributed by atoms with E-state index in [2.05, 4.69) is 73.8 Å². The summed E-state index contributed by atoms with van der Waals surface area (Å²) in [6.07, 6.45) is 0. The average Bonchev–Trinajstić information content (AvgIpc) is 2.75. The number of hydrogen-bond acceptors (Lipinski definition) is 2. The van der Waals surface area contributed by atoms with E-state index in [1.54, 1.807) is 0 Å². The highest BCUT2D eigenvalue weighted by Crippen LogP contribution is 2.34. The lowest BCUT2D eigenvalue weighted by molar-refractivity contribution is 1.48. The Kier molecular flexibility index (Phi) is 2.57. The number of benzene rings is 1.